The van der Waals surface area contributed by atoms with Crippen LogP contribution in [0.1, 0.15) is 6.92 Å². The van der Waals surface area contributed by atoms with Gasteiger partial charge in [-0.3, -0.25) is 0 Å². The smallest absolute Gasteiger partial charge is 0.383 e. The quantitative estimate of drug-likeness (QED) is 0.458. The van der Waals surface area contributed by atoms with Crippen LogP contribution in [0.25, 0.3) is 0 Å². The zero-order chi connectivity index (χ0) is 12.4. The van der Waals surface area contributed by atoms with Gasteiger partial charge in [-0.05, 0) is 12.5 Å². The van der Waals surface area contributed by atoms with Gasteiger partial charge in [0.1, 0.15) is 0 Å². The maximum atomic E-state index is 5.38. The Labute approximate surface area is 99.8 Å². The molecule has 0 saturated carbocycles. The summed E-state index contributed by atoms with van der Waals surface area (Å²) >= 11 is 0. The monoisotopic (exact) mass is 251 g/mol. The van der Waals surface area contributed by atoms with E-state index in [4.69, 9.17) is 18.0 Å². The average molecular weight is 251 g/mol. The van der Waals surface area contributed by atoms with Crippen LogP contribution in [0.3, 0.4) is 0 Å². The van der Waals surface area contributed by atoms with Gasteiger partial charge in [-0.25, -0.2) is 0 Å². The third-order valence-electron chi connectivity index (χ3n) is 2.51. The maximum absolute atomic E-state index is 5.38. The lowest BCUT2D eigenvalue weighted by Crippen LogP contribution is -2.45. The van der Waals surface area contributed by atoms with Crippen LogP contribution >= 0.6 is 0 Å². The number of rotatable bonds is 10. The van der Waals surface area contributed by atoms with E-state index in [0.717, 1.165) is 25.7 Å². The molecule has 6 heteroatoms. The lowest BCUT2D eigenvalue weighted by Gasteiger charge is -2.27. The van der Waals surface area contributed by atoms with Gasteiger partial charge in [-0.1, -0.05) is 6.92 Å². The van der Waals surface area contributed by atoms with Crippen molar-refractivity contribution in [2.24, 2.45) is 5.92 Å². The molecule has 0 rings (SSSR count). The van der Waals surface area contributed by atoms with E-state index in [1.165, 1.54) is 0 Å². The van der Waals surface area contributed by atoms with Crippen LogP contribution in [0, 0.1) is 5.92 Å². The van der Waals surface area contributed by atoms with Gasteiger partial charge in [-0.2, -0.15) is 0 Å². The first-order valence-corrected chi connectivity index (χ1v) is 7.42. The van der Waals surface area contributed by atoms with Crippen molar-refractivity contribution < 1.29 is 18.0 Å². The standard InChI is InChI=1S/C10H25NO4Si/c1-10(8-11-6-7-12-2)9-16(13-3,14-4)15-5/h10-11H,6-9H2,1-5H3. The van der Waals surface area contributed by atoms with Crippen molar-refractivity contribution in [1.29, 1.82) is 0 Å². The molecule has 0 heterocycles. The average Bonchev–Trinajstić information content (AvgIpc) is 2.32. The molecule has 0 fully saturated rings. The first kappa shape index (κ1) is 16.0. The second-order valence-electron chi connectivity index (χ2n) is 3.80. The van der Waals surface area contributed by atoms with E-state index >= 15 is 0 Å². The summed E-state index contributed by atoms with van der Waals surface area (Å²) in [4.78, 5) is 0. The molecule has 0 amide bonds. The SMILES string of the molecule is COCCNCC(C)C[Si](OC)(OC)OC. The minimum absolute atomic E-state index is 0.448. The Morgan fingerprint density at radius 3 is 2.06 bits per heavy atom. The van der Waals surface area contributed by atoms with E-state index in [-0.39, 0.29) is 0 Å². The summed E-state index contributed by atoms with van der Waals surface area (Å²) in [6, 6.07) is 0.816. The largest absolute Gasteiger partial charge is 0.500 e. The Morgan fingerprint density at radius 2 is 1.62 bits per heavy atom. The fraction of sp³-hybridized carbons (Fsp3) is 1.00. The Kier molecular flexibility index (Phi) is 9.10. The first-order chi connectivity index (χ1) is 7.64. The minimum Gasteiger partial charge on any atom is -0.383 e. The molecule has 0 spiro atoms. The van der Waals surface area contributed by atoms with Gasteiger partial charge in [0.2, 0.25) is 0 Å². The molecule has 0 aromatic heterocycles. The van der Waals surface area contributed by atoms with Crippen molar-refractivity contribution in [3.63, 3.8) is 0 Å². The van der Waals surface area contributed by atoms with Crippen molar-refractivity contribution in [2.45, 2.75) is 13.0 Å². The highest BCUT2D eigenvalue weighted by atomic mass is 28.4. The zero-order valence-corrected chi connectivity index (χ0v) is 12.0. The third-order valence-corrected chi connectivity index (χ3v) is 5.57. The highest BCUT2D eigenvalue weighted by molar-refractivity contribution is 6.60. The molecule has 0 aromatic rings. The maximum Gasteiger partial charge on any atom is 0.500 e. The molecular formula is C10H25NO4Si. The molecule has 0 bridgehead atoms. The minimum atomic E-state index is -2.42. The van der Waals surface area contributed by atoms with Crippen LogP contribution < -0.4 is 5.32 Å². The van der Waals surface area contributed by atoms with Crippen molar-refractivity contribution in [2.75, 3.05) is 48.1 Å². The molecule has 0 radical (unpaired) electrons. The molecule has 1 unspecified atom stereocenters. The Bertz CT molecular complexity index is 159. The van der Waals surface area contributed by atoms with Crippen LogP contribution in [0.4, 0.5) is 0 Å². The molecule has 98 valence electrons. The lowest BCUT2D eigenvalue weighted by atomic mass is 10.2. The van der Waals surface area contributed by atoms with Gasteiger partial charge in [-0.15, -0.1) is 0 Å². The first-order valence-electron chi connectivity index (χ1n) is 5.49. The van der Waals surface area contributed by atoms with Crippen LogP contribution in [0.5, 0.6) is 0 Å². The van der Waals surface area contributed by atoms with Crippen LogP contribution in [0.2, 0.25) is 6.04 Å². The topological polar surface area (TPSA) is 49.0 Å². The summed E-state index contributed by atoms with van der Waals surface area (Å²) in [5.41, 5.74) is 0. The van der Waals surface area contributed by atoms with E-state index in [1.54, 1.807) is 28.4 Å². The van der Waals surface area contributed by atoms with Crippen LogP contribution in [0.15, 0.2) is 0 Å². The molecule has 0 aliphatic carbocycles. The van der Waals surface area contributed by atoms with E-state index < -0.39 is 8.80 Å². The third kappa shape index (κ3) is 5.93. The van der Waals surface area contributed by atoms with Crippen LogP contribution in [-0.4, -0.2) is 56.9 Å². The van der Waals surface area contributed by atoms with Crippen molar-refractivity contribution in [3.8, 4) is 0 Å². The van der Waals surface area contributed by atoms with E-state index in [1.807, 2.05) is 0 Å². The van der Waals surface area contributed by atoms with Crippen LogP contribution in [-0.2, 0) is 18.0 Å². The van der Waals surface area contributed by atoms with Gasteiger partial charge < -0.3 is 23.3 Å². The van der Waals surface area contributed by atoms with Gasteiger partial charge in [0.05, 0.1) is 6.61 Å². The predicted molar refractivity (Wildman–Crippen MR) is 65.5 cm³/mol. The lowest BCUT2D eigenvalue weighted by molar-refractivity contribution is 0.118. The molecule has 0 saturated heterocycles. The normalized spacial score (nSPS) is 14.1. The predicted octanol–water partition coefficient (Wildman–Crippen LogP) is 0.737. The highest BCUT2D eigenvalue weighted by Gasteiger charge is 2.39. The van der Waals surface area contributed by atoms with Gasteiger partial charge in [0.25, 0.3) is 0 Å². The number of methoxy groups -OCH3 is 1. The fourth-order valence-electron chi connectivity index (χ4n) is 1.52. The van der Waals surface area contributed by atoms with Gasteiger partial charge in [0.15, 0.2) is 0 Å². The molecule has 0 aromatic carbocycles. The summed E-state index contributed by atoms with van der Waals surface area (Å²) < 4.78 is 21.1. The summed E-state index contributed by atoms with van der Waals surface area (Å²) in [6.07, 6.45) is 0. The number of nitrogens with one attached hydrogen (secondary N) is 1. The number of ether oxygens (including phenoxy) is 1. The Morgan fingerprint density at radius 1 is 1.06 bits per heavy atom. The number of hydrogen-bond donors (Lipinski definition) is 1. The van der Waals surface area contributed by atoms with Gasteiger partial charge >= 0.3 is 8.80 Å². The Hall–Kier alpha value is 0.0169. The van der Waals surface area contributed by atoms with Crippen molar-refractivity contribution in [3.05, 3.63) is 0 Å². The molecule has 0 aliphatic rings. The molecule has 16 heavy (non-hydrogen) atoms. The van der Waals surface area contributed by atoms with Crippen molar-refractivity contribution in [1.82, 2.24) is 5.32 Å². The highest BCUT2D eigenvalue weighted by Crippen LogP contribution is 2.18. The summed E-state index contributed by atoms with van der Waals surface area (Å²) in [6.45, 7) is 4.66. The zero-order valence-electron chi connectivity index (χ0n) is 11.0. The molecule has 5 nitrogen and oxygen atoms in total. The van der Waals surface area contributed by atoms with E-state index in [9.17, 15) is 0 Å². The summed E-state index contributed by atoms with van der Waals surface area (Å²) in [5.74, 6) is 0.448. The van der Waals surface area contributed by atoms with Crippen molar-refractivity contribution >= 4 is 8.80 Å². The molecule has 1 atom stereocenters. The van der Waals surface area contributed by atoms with E-state index in [2.05, 4.69) is 12.2 Å². The van der Waals surface area contributed by atoms with Gasteiger partial charge in [0, 0.05) is 41.0 Å². The number of hydrogen-bond acceptors (Lipinski definition) is 5. The summed E-state index contributed by atoms with van der Waals surface area (Å²) in [7, 11) is 4.21. The summed E-state index contributed by atoms with van der Waals surface area (Å²) in [5, 5.41) is 3.31. The molecule has 1 N–H and O–H groups in total. The van der Waals surface area contributed by atoms with E-state index in [0.29, 0.717) is 5.92 Å². The Balaban J connectivity index is 3.86. The molecular weight excluding hydrogens is 226 g/mol. The molecule has 0 aliphatic heterocycles. The fourth-order valence-corrected chi connectivity index (χ4v) is 3.52. The second kappa shape index (κ2) is 9.09. The second-order valence-corrected chi connectivity index (χ2v) is 6.80.